The molecule has 0 fully saturated rings. The lowest BCUT2D eigenvalue weighted by molar-refractivity contribution is 0.0970. The molecule has 1 rings (SSSR count). The first-order valence-corrected chi connectivity index (χ1v) is 8.25. The van der Waals surface area contributed by atoms with Crippen LogP contribution in [0.15, 0.2) is 18.3 Å². The molecular formula is C17H30N2O2. The Morgan fingerprint density at radius 3 is 2.38 bits per heavy atom. The molecule has 1 heterocycles. The van der Waals surface area contributed by atoms with E-state index in [1.165, 1.54) is 44.9 Å². The van der Waals surface area contributed by atoms with Crippen molar-refractivity contribution in [3.05, 3.63) is 18.3 Å². The van der Waals surface area contributed by atoms with Crippen LogP contribution in [0, 0.1) is 0 Å². The Balaban J connectivity index is 1.82. The molecule has 1 aromatic rings. The molecule has 120 valence electrons. The van der Waals surface area contributed by atoms with E-state index in [9.17, 15) is 0 Å². The van der Waals surface area contributed by atoms with Gasteiger partial charge in [-0.25, -0.2) is 4.98 Å². The summed E-state index contributed by atoms with van der Waals surface area (Å²) in [7, 11) is 0. The number of rotatable bonds is 13. The van der Waals surface area contributed by atoms with Gasteiger partial charge < -0.3 is 15.2 Å². The van der Waals surface area contributed by atoms with Gasteiger partial charge in [0, 0.05) is 18.9 Å². The van der Waals surface area contributed by atoms with Gasteiger partial charge >= 0.3 is 0 Å². The second-order valence-electron chi connectivity index (χ2n) is 5.35. The number of unbranched alkanes of at least 4 members (excludes halogenated alkanes) is 7. The third-order valence-electron chi connectivity index (χ3n) is 3.39. The number of aromatic nitrogens is 1. The van der Waals surface area contributed by atoms with Crippen LogP contribution in [0.4, 0.5) is 5.82 Å². The molecule has 1 aromatic heterocycles. The smallest absolute Gasteiger partial charge is 0.126 e. The Labute approximate surface area is 129 Å². The number of hydrogen-bond acceptors (Lipinski definition) is 4. The van der Waals surface area contributed by atoms with Crippen molar-refractivity contribution < 1.29 is 9.47 Å². The van der Waals surface area contributed by atoms with Crippen LogP contribution in [0.2, 0.25) is 0 Å². The zero-order valence-electron chi connectivity index (χ0n) is 13.4. The topological polar surface area (TPSA) is 57.4 Å². The molecule has 4 heteroatoms. The highest BCUT2D eigenvalue weighted by atomic mass is 16.5. The van der Waals surface area contributed by atoms with Gasteiger partial charge in [-0.2, -0.15) is 0 Å². The van der Waals surface area contributed by atoms with Crippen LogP contribution in [0.5, 0.6) is 5.75 Å². The lowest BCUT2D eigenvalue weighted by atomic mass is 10.1. The monoisotopic (exact) mass is 294 g/mol. The van der Waals surface area contributed by atoms with Crippen LogP contribution in [0.3, 0.4) is 0 Å². The van der Waals surface area contributed by atoms with Crippen molar-refractivity contribution in [1.29, 1.82) is 0 Å². The van der Waals surface area contributed by atoms with Crippen molar-refractivity contribution in [2.75, 3.05) is 25.6 Å². The van der Waals surface area contributed by atoms with Crippen molar-refractivity contribution in [3.63, 3.8) is 0 Å². The van der Waals surface area contributed by atoms with Gasteiger partial charge in [0.15, 0.2) is 0 Å². The molecule has 0 aliphatic rings. The number of pyridine rings is 1. The van der Waals surface area contributed by atoms with Crippen LogP contribution >= 0.6 is 0 Å². The highest BCUT2D eigenvalue weighted by molar-refractivity contribution is 5.35. The largest absolute Gasteiger partial charge is 0.491 e. The summed E-state index contributed by atoms with van der Waals surface area (Å²) in [4.78, 5) is 3.92. The molecule has 2 N–H and O–H groups in total. The first-order chi connectivity index (χ1) is 10.3. The number of nitrogens with two attached hydrogens (primary N) is 1. The molecule has 4 nitrogen and oxygen atoms in total. The van der Waals surface area contributed by atoms with Crippen LogP contribution in [-0.2, 0) is 4.74 Å². The van der Waals surface area contributed by atoms with E-state index in [-0.39, 0.29) is 0 Å². The standard InChI is InChI=1S/C17H30N2O2/c1-2-3-4-5-6-7-8-9-12-20-13-14-21-16-10-11-19-17(18)15-16/h10-11,15H,2-9,12-14H2,1H3,(H2,18,19). The van der Waals surface area contributed by atoms with E-state index in [1.807, 2.05) is 0 Å². The number of hydrogen-bond donors (Lipinski definition) is 1. The van der Waals surface area contributed by atoms with E-state index < -0.39 is 0 Å². The third-order valence-corrected chi connectivity index (χ3v) is 3.39. The fourth-order valence-corrected chi connectivity index (χ4v) is 2.18. The van der Waals surface area contributed by atoms with Crippen molar-refractivity contribution in [1.82, 2.24) is 4.98 Å². The summed E-state index contributed by atoms with van der Waals surface area (Å²) in [6.07, 6.45) is 12.2. The van der Waals surface area contributed by atoms with Gasteiger partial charge in [0.05, 0.1) is 6.61 Å². The van der Waals surface area contributed by atoms with Crippen LogP contribution in [0.25, 0.3) is 0 Å². The van der Waals surface area contributed by atoms with Gasteiger partial charge in [-0.1, -0.05) is 51.9 Å². The molecule has 0 aliphatic heterocycles. The lowest BCUT2D eigenvalue weighted by Gasteiger charge is -2.07. The Morgan fingerprint density at radius 1 is 0.952 bits per heavy atom. The van der Waals surface area contributed by atoms with Crippen molar-refractivity contribution >= 4 is 5.82 Å². The zero-order valence-corrected chi connectivity index (χ0v) is 13.4. The number of anilines is 1. The highest BCUT2D eigenvalue weighted by Crippen LogP contribution is 2.11. The van der Waals surface area contributed by atoms with Gasteiger partial charge in [-0.05, 0) is 12.5 Å². The van der Waals surface area contributed by atoms with Crippen molar-refractivity contribution in [2.24, 2.45) is 0 Å². The molecule has 0 aliphatic carbocycles. The van der Waals surface area contributed by atoms with E-state index in [1.54, 1.807) is 18.3 Å². The Kier molecular flexibility index (Phi) is 10.5. The minimum atomic E-state index is 0.479. The maximum Gasteiger partial charge on any atom is 0.126 e. The first-order valence-electron chi connectivity index (χ1n) is 8.25. The maximum atomic E-state index is 5.57. The molecule has 0 saturated heterocycles. The molecule has 0 radical (unpaired) electrons. The minimum Gasteiger partial charge on any atom is -0.491 e. The van der Waals surface area contributed by atoms with Crippen molar-refractivity contribution in [3.8, 4) is 5.75 Å². The summed E-state index contributed by atoms with van der Waals surface area (Å²) in [6.45, 7) is 4.26. The normalized spacial score (nSPS) is 10.7. The van der Waals surface area contributed by atoms with E-state index >= 15 is 0 Å². The summed E-state index contributed by atoms with van der Waals surface area (Å²) in [5.74, 6) is 1.23. The van der Waals surface area contributed by atoms with Crippen LogP contribution in [-0.4, -0.2) is 24.8 Å². The summed E-state index contributed by atoms with van der Waals surface area (Å²) in [5.41, 5.74) is 5.57. The van der Waals surface area contributed by atoms with E-state index in [2.05, 4.69) is 11.9 Å². The third kappa shape index (κ3) is 10.1. The molecule has 0 amide bonds. The molecule has 0 bridgehead atoms. The summed E-state index contributed by atoms with van der Waals surface area (Å²) >= 11 is 0. The van der Waals surface area contributed by atoms with Gasteiger partial charge in [0.25, 0.3) is 0 Å². The molecular weight excluding hydrogens is 264 g/mol. The van der Waals surface area contributed by atoms with Crippen LogP contribution < -0.4 is 10.5 Å². The number of nitrogens with zero attached hydrogens (tertiary/aromatic N) is 1. The average molecular weight is 294 g/mol. The zero-order chi connectivity index (χ0) is 15.2. The predicted molar refractivity (Wildman–Crippen MR) is 87.6 cm³/mol. The second-order valence-corrected chi connectivity index (χ2v) is 5.35. The first kappa shape index (κ1) is 17.8. The van der Waals surface area contributed by atoms with Gasteiger partial charge in [0.2, 0.25) is 0 Å². The Hall–Kier alpha value is -1.29. The van der Waals surface area contributed by atoms with E-state index in [0.29, 0.717) is 19.0 Å². The maximum absolute atomic E-state index is 5.57. The summed E-state index contributed by atoms with van der Waals surface area (Å²) in [5, 5.41) is 0. The van der Waals surface area contributed by atoms with Gasteiger partial charge in [0.1, 0.15) is 18.2 Å². The quantitative estimate of drug-likeness (QED) is 0.554. The minimum absolute atomic E-state index is 0.479. The fraction of sp³-hybridized carbons (Fsp3) is 0.706. The molecule has 0 aromatic carbocycles. The van der Waals surface area contributed by atoms with E-state index in [4.69, 9.17) is 15.2 Å². The van der Waals surface area contributed by atoms with Gasteiger partial charge in [-0.15, -0.1) is 0 Å². The molecule has 0 saturated carbocycles. The molecule has 0 spiro atoms. The summed E-state index contributed by atoms with van der Waals surface area (Å²) < 4.78 is 11.1. The number of ether oxygens (including phenoxy) is 2. The van der Waals surface area contributed by atoms with Crippen LogP contribution in [0.1, 0.15) is 58.3 Å². The van der Waals surface area contributed by atoms with Gasteiger partial charge in [-0.3, -0.25) is 0 Å². The van der Waals surface area contributed by atoms with E-state index in [0.717, 1.165) is 18.8 Å². The van der Waals surface area contributed by atoms with Crippen molar-refractivity contribution in [2.45, 2.75) is 58.3 Å². The molecule has 0 unspecified atom stereocenters. The average Bonchev–Trinajstić information content (AvgIpc) is 2.48. The lowest BCUT2D eigenvalue weighted by Crippen LogP contribution is -2.07. The fourth-order valence-electron chi connectivity index (χ4n) is 2.18. The second kappa shape index (κ2) is 12.5. The Bertz CT molecular complexity index is 358. The molecule has 0 atom stereocenters. The summed E-state index contributed by atoms with van der Waals surface area (Å²) in [6, 6.07) is 3.52. The predicted octanol–water partition coefficient (Wildman–Crippen LogP) is 4.20. The highest BCUT2D eigenvalue weighted by Gasteiger charge is 1.96. The molecule has 21 heavy (non-hydrogen) atoms. The number of nitrogen functional groups attached to an aromatic ring is 1. The SMILES string of the molecule is CCCCCCCCCCOCCOc1ccnc(N)c1. The Morgan fingerprint density at radius 2 is 1.67 bits per heavy atom.